The molecule has 1 aliphatic heterocycles. The number of carboxylic acids is 3. The maximum atomic E-state index is 12.3. The van der Waals surface area contributed by atoms with Crippen LogP contribution in [0.3, 0.4) is 0 Å². The van der Waals surface area contributed by atoms with Gasteiger partial charge < -0.3 is 20.5 Å². The van der Waals surface area contributed by atoms with E-state index < -0.39 is 17.9 Å². The molecule has 1 aliphatic rings. The zero-order valence-corrected chi connectivity index (χ0v) is 18.9. The Morgan fingerprint density at radius 1 is 0.788 bits per heavy atom. The van der Waals surface area contributed by atoms with E-state index in [1.807, 2.05) is 17.9 Å². The molecule has 1 saturated heterocycles. The average molecular weight is 468 g/mol. The first-order valence-corrected chi connectivity index (χ1v) is 10.9. The van der Waals surface area contributed by atoms with Gasteiger partial charge in [-0.2, -0.15) is 4.73 Å². The number of carboxylic acid groups (broad SMARTS) is 3. The van der Waals surface area contributed by atoms with E-state index in [1.165, 1.54) is 6.20 Å². The van der Waals surface area contributed by atoms with Crippen molar-refractivity contribution in [2.45, 2.75) is 13.5 Å². The molecule has 0 aromatic carbocycles. The molecule has 0 amide bonds. The normalized spacial score (nSPS) is 18.3. The largest absolute Gasteiger partial charge is 0.618 e. The number of hydrogen-bond donors (Lipinski definition) is 3. The maximum absolute atomic E-state index is 12.3. The van der Waals surface area contributed by atoms with Crippen molar-refractivity contribution in [2.75, 3.05) is 72.0 Å². The third-order valence-corrected chi connectivity index (χ3v) is 5.67. The zero-order chi connectivity index (χ0) is 24.4. The third kappa shape index (κ3) is 9.70. The Balaban J connectivity index is 2.21. The molecule has 184 valence electrons. The summed E-state index contributed by atoms with van der Waals surface area (Å²) in [6.45, 7) is 4.83. The Hall–Kier alpha value is -2.80. The standard InChI is InChI=1S/C21H33N5O7/c1-17-3-2-4-26(33)18(17)13-22-5-7-23(14-19(27)28)9-11-25(16-21(31)32)12-10-24(8-6-22)15-20(29)30/h2-4H,5-16H2,1H3,(H,27,28)(H,29,30)(H,31,32). The minimum absolute atomic E-state index is 0.175. The number of nitrogens with zero attached hydrogens (tertiary/aromatic N) is 5. The van der Waals surface area contributed by atoms with Gasteiger partial charge in [-0.3, -0.25) is 34.0 Å². The fourth-order valence-corrected chi connectivity index (χ4v) is 3.82. The van der Waals surface area contributed by atoms with E-state index in [1.54, 1.807) is 20.8 Å². The summed E-state index contributed by atoms with van der Waals surface area (Å²) in [7, 11) is 0. The van der Waals surface area contributed by atoms with Crippen LogP contribution < -0.4 is 4.73 Å². The second-order valence-corrected chi connectivity index (χ2v) is 8.25. The van der Waals surface area contributed by atoms with Crippen LogP contribution in [0.2, 0.25) is 0 Å². The molecule has 0 bridgehead atoms. The van der Waals surface area contributed by atoms with E-state index in [-0.39, 0.29) is 19.6 Å². The van der Waals surface area contributed by atoms with Gasteiger partial charge in [-0.1, -0.05) is 0 Å². The van der Waals surface area contributed by atoms with Gasteiger partial charge in [-0.05, 0) is 13.0 Å². The van der Waals surface area contributed by atoms with Crippen LogP contribution in [-0.4, -0.2) is 125 Å². The quantitative estimate of drug-likeness (QED) is 0.306. The predicted molar refractivity (Wildman–Crippen MR) is 118 cm³/mol. The first-order chi connectivity index (χ1) is 15.6. The maximum Gasteiger partial charge on any atom is 0.317 e. The average Bonchev–Trinajstić information content (AvgIpc) is 2.71. The Morgan fingerprint density at radius 3 is 1.48 bits per heavy atom. The molecule has 0 radical (unpaired) electrons. The van der Waals surface area contributed by atoms with Gasteiger partial charge in [0.1, 0.15) is 0 Å². The lowest BCUT2D eigenvalue weighted by atomic mass is 10.2. The van der Waals surface area contributed by atoms with Gasteiger partial charge in [-0.25, -0.2) is 0 Å². The monoisotopic (exact) mass is 467 g/mol. The van der Waals surface area contributed by atoms with Crippen LogP contribution in [0.15, 0.2) is 18.3 Å². The minimum atomic E-state index is -0.994. The molecule has 0 unspecified atom stereocenters. The van der Waals surface area contributed by atoms with Crippen LogP contribution >= 0.6 is 0 Å². The van der Waals surface area contributed by atoms with E-state index in [2.05, 4.69) is 0 Å². The number of pyridine rings is 1. The molecule has 2 rings (SSSR count). The lowest BCUT2D eigenvalue weighted by Crippen LogP contribution is -2.49. The van der Waals surface area contributed by atoms with Gasteiger partial charge >= 0.3 is 17.9 Å². The molecule has 3 N–H and O–H groups in total. The van der Waals surface area contributed by atoms with Crippen LogP contribution in [0.4, 0.5) is 0 Å². The van der Waals surface area contributed by atoms with Crippen molar-refractivity contribution >= 4 is 17.9 Å². The molecule has 0 saturated carbocycles. The fourth-order valence-electron chi connectivity index (χ4n) is 3.82. The van der Waals surface area contributed by atoms with Gasteiger partial charge in [-0.15, -0.1) is 0 Å². The van der Waals surface area contributed by atoms with Crippen LogP contribution in [0.25, 0.3) is 0 Å². The van der Waals surface area contributed by atoms with E-state index >= 15 is 0 Å². The number of aliphatic carboxylic acids is 3. The molecule has 12 nitrogen and oxygen atoms in total. The van der Waals surface area contributed by atoms with Gasteiger partial charge in [0.05, 0.1) is 26.2 Å². The number of aryl methyl sites for hydroxylation is 1. The van der Waals surface area contributed by atoms with Crippen LogP contribution in [0.5, 0.6) is 0 Å². The Morgan fingerprint density at radius 2 is 1.15 bits per heavy atom. The molecular weight excluding hydrogens is 434 g/mol. The molecule has 1 fully saturated rings. The molecule has 2 heterocycles. The van der Waals surface area contributed by atoms with Crippen molar-refractivity contribution in [2.24, 2.45) is 0 Å². The van der Waals surface area contributed by atoms with Gasteiger partial charge in [0, 0.05) is 64.0 Å². The molecule has 0 spiro atoms. The Bertz CT molecular complexity index is 770. The first-order valence-electron chi connectivity index (χ1n) is 10.9. The minimum Gasteiger partial charge on any atom is -0.618 e. The predicted octanol–water partition coefficient (Wildman–Crippen LogP) is -1.40. The number of hydrogen-bond acceptors (Lipinski definition) is 8. The second-order valence-electron chi connectivity index (χ2n) is 8.25. The smallest absolute Gasteiger partial charge is 0.317 e. The Kier molecular flexibility index (Phi) is 10.5. The van der Waals surface area contributed by atoms with Gasteiger partial charge in [0.2, 0.25) is 5.69 Å². The Labute approximate surface area is 192 Å². The van der Waals surface area contributed by atoms with Crippen molar-refractivity contribution in [1.29, 1.82) is 0 Å². The summed E-state index contributed by atoms with van der Waals surface area (Å²) in [6, 6.07) is 3.53. The highest BCUT2D eigenvalue weighted by Crippen LogP contribution is 2.08. The van der Waals surface area contributed by atoms with Crippen LogP contribution in [-0.2, 0) is 20.9 Å². The summed E-state index contributed by atoms with van der Waals surface area (Å²) in [5, 5.41) is 40.1. The van der Waals surface area contributed by atoms with Crippen molar-refractivity contribution in [3.63, 3.8) is 0 Å². The van der Waals surface area contributed by atoms with Crippen molar-refractivity contribution < 1.29 is 34.4 Å². The molecule has 0 aliphatic carbocycles. The third-order valence-electron chi connectivity index (χ3n) is 5.67. The fraction of sp³-hybridized carbons (Fsp3) is 0.619. The summed E-state index contributed by atoms with van der Waals surface area (Å²) in [5.41, 5.74) is 1.43. The first kappa shape index (κ1) is 26.5. The lowest BCUT2D eigenvalue weighted by Gasteiger charge is -2.32. The SMILES string of the molecule is Cc1ccc[n+]([O-])c1CN1CCN(CC(=O)O)CCN(CC(=O)O)CCN(CC(=O)O)CC1. The number of rotatable bonds is 8. The van der Waals surface area contributed by atoms with Crippen molar-refractivity contribution in [3.8, 4) is 0 Å². The molecule has 12 heteroatoms. The van der Waals surface area contributed by atoms with E-state index in [9.17, 15) is 34.9 Å². The summed E-state index contributed by atoms with van der Waals surface area (Å²) >= 11 is 0. The van der Waals surface area contributed by atoms with E-state index in [0.29, 0.717) is 64.6 Å². The summed E-state index contributed by atoms with van der Waals surface area (Å²) < 4.78 is 0.819. The number of carbonyl (C=O) groups is 3. The summed E-state index contributed by atoms with van der Waals surface area (Å²) in [6.07, 6.45) is 1.43. The molecule has 0 atom stereocenters. The lowest BCUT2D eigenvalue weighted by molar-refractivity contribution is -0.615. The molecule has 1 aromatic rings. The van der Waals surface area contributed by atoms with E-state index in [0.717, 1.165) is 10.3 Å². The zero-order valence-electron chi connectivity index (χ0n) is 18.9. The summed E-state index contributed by atoms with van der Waals surface area (Å²) in [4.78, 5) is 41.1. The highest BCUT2D eigenvalue weighted by molar-refractivity contribution is 5.69. The molecular formula is C21H33N5O7. The highest BCUT2D eigenvalue weighted by atomic mass is 16.5. The summed E-state index contributed by atoms with van der Waals surface area (Å²) in [5.74, 6) is -2.93. The number of aromatic nitrogens is 1. The van der Waals surface area contributed by atoms with Crippen LogP contribution in [0.1, 0.15) is 11.3 Å². The molecule has 1 aromatic heterocycles. The second kappa shape index (κ2) is 13.0. The van der Waals surface area contributed by atoms with Crippen molar-refractivity contribution in [1.82, 2.24) is 19.6 Å². The molecule has 33 heavy (non-hydrogen) atoms. The highest BCUT2D eigenvalue weighted by Gasteiger charge is 2.22. The van der Waals surface area contributed by atoms with Crippen LogP contribution in [0, 0.1) is 12.1 Å². The van der Waals surface area contributed by atoms with Gasteiger partial charge in [0.15, 0.2) is 6.20 Å². The van der Waals surface area contributed by atoms with Gasteiger partial charge in [0.25, 0.3) is 0 Å². The van der Waals surface area contributed by atoms with Crippen molar-refractivity contribution in [3.05, 3.63) is 34.8 Å². The topological polar surface area (TPSA) is 152 Å². The van der Waals surface area contributed by atoms with E-state index in [4.69, 9.17) is 0 Å².